The molecular formula is C78H75N5O11. The SMILES string of the molecule is O=C(O)CCc1cc(C(=O)Nc2cc(CCCCCCN3C(=O)c4ccccc4C3=O)c(OCCCCCCN3C(=O)c4ccccc4C3=O)c(CCCCCCN3C(=O)c4ccccc4C3=O)c2)n(Cc2ccccc2)c1C#CC(O)(c1ccccc1)c1ccccc1. The summed E-state index contributed by atoms with van der Waals surface area (Å²) < 4.78 is 8.64. The zero-order valence-electron chi connectivity index (χ0n) is 52.5. The van der Waals surface area contributed by atoms with E-state index in [0.717, 1.165) is 55.2 Å². The fourth-order valence-electron chi connectivity index (χ4n) is 12.8. The van der Waals surface area contributed by atoms with E-state index in [1.165, 1.54) is 14.7 Å². The van der Waals surface area contributed by atoms with Crippen LogP contribution in [0.2, 0.25) is 0 Å². The number of aliphatic hydroxyl groups is 1. The maximum atomic E-state index is 15.4. The van der Waals surface area contributed by atoms with E-state index in [1.54, 1.807) is 108 Å². The molecule has 7 aromatic carbocycles. The summed E-state index contributed by atoms with van der Waals surface area (Å²) >= 11 is 0. The van der Waals surface area contributed by atoms with Gasteiger partial charge in [-0.1, -0.05) is 172 Å². The Morgan fingerprint density at radius 2 is 0.830 bits per heavy atom. The van der Waals surface area contributed by atoms with Crippen molar-refractivity contribution in [3.05, 3.63) is 260 Å². The summed E-state index contributed by atoms with van der Waals surface area (Å²) in [7, 11) is 0. The predicted octanol–water partition coefficient (Wildman–Crippen LogP) is 13.1. The number of carbonyl (C=O) groups excluding carboxylic acids is 7. The van der Waals surface area contributed by atoms with Gasteiger partial charge in [-0.3, -0.25) is 53.1 Å². The van der Waals surface area contributed by atoms with Crippen LogP contribution in [-0.4, -0.2) is 103 Å². The van der Waals surface area contributed by atoms with E-state index in [2.05, 4.69) is 17.2 Å². The maximum absolute atomic E-state index is 15.4. The highest BCUT2D eigenvalue weighted by Gasteiger charge is 2.37. The lowest BCUT2D eigenvalue weighted by Gasteiger charge is -2.23. The first-order valence-electron chi connectivity index (χ1n) is 32.6. The van der Waals surface area contributed by atoms with Crippen molar-refractivity contribution in [2.75, 3.05) is 31.6 Å². The smallest absolute Gasteiger partial charge is 0.303 e. The van der Waals surface area contributed by atoms with Gasteiger partial charge < -0.3 is 24.8 Å². The van der Waals surface area contributed by atoms with Gasteiger partial charge in [-0.25, -0.2) is 0 Å². The molecule has 0 radical (unpaired) electrons. The summed E-state index contributed by atoms with van der Waals surface area (Å²) in [4.78, 5) is 111. The van der Waals surface area contributed by atoms with Crippen LogP contribution in [0.15, 0.2) is 182 Å². The number of hydrogen-bond acceptors (Lipinski definition) is 10. The molecule has 0 atom stereocenters. The van der Waals surface area contributed by atoms with Crippen LogP contribution in [0.1, 0.15) is 195 Å². The molecule has 3 aliphatic heterocycles. The molecule has 0 aliphatic carbocycles. The van der Waals surface area contributed by atoms with Crippen molar-refractivity contribution < 1.29 is 53.3 Å². The van der Waals surface area contributed by atoms with Gasteiger partial charge in [0, 0.05) is 49.4 Å². The quantitative estimate of drug-likeness (QED) is 0.0211. The third-order valence-corrected chi connectivity index (χ3v) is 17.8. The van der Waals surface area contributed by atoms with Crippen molar-refractivity contribution in [3.8, 4) is 17.6 Å². The van der Waals surface area contributed by atoms with E-state index in [-0.39, 0.29) is 60.5 Å². The molecule has 8 aromatic rings. The molecular weight excluding hydrogens is 1180 g/mol. The number of anilines is 1. The molecule has 1 aromatic heterocycles. The molecule has 7 amide bonds. The van der Waals surface area contributed by atoms with Crippen molar-refractivity contribution in [2.24, 2.45) is 0 Å². The lowest BCUT2D eigenvalue weighted by molar-refractivity contribution is -0.137. The summed E-state index contributed by atoms with van der Waals surface area (Å²) in [5.41, 5.74) is 5.95. The molecule has 94 heavy (non-hydrogen) atoms. The normalized spacial score (nSPS) is 13.3. The first-order chi connectivity index (χ1) is 45.8. The topological polar surface area (TPSA) is 213 Å². The molecule has 0 spiro atoms. The number of nitrogens with one attached hydrogen (secondary N) is 1. The standard InChI is InChI=1S/C78H75N5O11/c84-69(85)43-42-55-52-68(83(53-54-28-10-7-11-29-54)67(55)44-45-78(93,58-32-14-8-15-33-58)59-34-16-9-17-35-59)71(86)79-60-50-56(30-12-1-3-24-46-80-72(87)61-36-18-19-37-62(61)73(80)88)70(94-49-27-6-5-26-48-82-76(91)65-40-22-23-41-66(65)77(82)92)57(51-60)31-13-2-4-25-47-81-74(89)63-38-20-21-39-64(63)75(81)90/h7-11,14-23,28-29,32-41,50-52,93H,1-6,12-13,24-27,30-31,42-43,46-49,53H2,(H,79,86)(H,84,85). The molecule has 0 fully saturated rings. The van der Waals surface area contributed by atoms with Crippen LogP contribution in [0, 0.1) is 11.8 Å². The number of nitrogens with zero attached hydrogens (tertiary/aromatic N) is 4. The molecule has 0 bridgehead atoms. The average Bonchev–Trinajstić information content (AvgIpc) is 1.58. The number of aryl methyl sites for hydroxylation is 3. The Bertz CT molecular complexity index is 3950. The molecule has 3 aliphatic rings. The van der Waals surface area contributed by atoms with E-state index in [9.17, 15) is 43.8 Å². The Morgan fingerprint density at radius 3 is 1.24 bits per heavy atom. The van der Waals surface area contributed by atoms with Crippen LogP contribution >= 0.6 is 0 Å². The molecule has 3 N–H and O–H groups in total. The van der Waals surface area contributed by atoms with E-state index in [1.807, 2.05) is 78.9 Å². The Hall–Kier alpha value is -10.5. The van der Waals surface area contributed by atoms with Crippen LogP contribution in [0.4, 0.5) is 5.69 Å². The zero-order valence-corrected chi connectivity index (χ0v) is 52.5. The van der Waals surface area contributed by atoms with Crippen molar-refractivity contribution >= 4 is 53.0 Å². The van der Waals surface area contributed by atoms with Gasteiger partial charge in [0.1, 0.15) is 11.4 Å². The van der Waals surface area contributed by atoms with E-state index < -0.39 is 17.5 Å². The first kappa shape index (κ1) is 65.0. The van der Waals surface area contributed by atoms with E-state index in [0.29, 0.717) is 145 Å². The predicted molar refractivity (Wildman–Crippen MR) is 357 cm³/mol. The van der Waals surface area contributed by atoms with E-state index in [4.69, 9.17) is 4.74 Å². The first-order valence-corrected chi connectivity index (χ1v) is 32.6. The minimum atomic E-state index is -1.80. The molecule has 478 valence electrons. The largest absolute Gasteiger partial charge is 0.493 e. The van der Waals surface area contributed by atoms with Gasteiger partial charge in [-0.2, -0.15) is 0 Å². The number of carboxylic acid groups (broad SMARTS) is 1. The zero-order chi connectivity index (χ0) is 65.6. The number of carbonyl (C=O) groups is 8. The maximum Gasteiger partial charge on any atom is 0.303 e. The van der Waals surface area contributed by atoms with Gasteiger partial charge in [0.05, 0.1) is 45.7 Å². The Balaban J connectivity index is 0.876. The summed E-state index contributed by atoms with van der Waals surface area (Å²) in [5, 5.41) is 25.9. The summed E-state index contributed by atoms with van der Waals surface area (Å²) in [5.74, 6) is 3.96. The molecule has 16 heteroatoms. The monoisotopic (exact) mass is 1260 g/mol. The average molecular weight is 1260 g/mol. The minimum Gasteiger partial charge on any atom is -0.493 e. The summed E-state index contributed by atoms with van der Waals surface area (Å²) in [6.07, 6.45) is 9.33. The number of amides is 7. The van der Waals surface area contributed by atoms with Crippen molar-refractivity contribution in [3.63, 3.8) is 0 Å². The third-order valence-electron chi connectivity index (χ3n) is 17.8. The minimum absolute atomic E-state index is 0.0417. The highest BCUT2D eigenvalue weighted by atomic mass is 16.5. The van der Waals surface area contributed by atoms with Crippen LogP contribution < -0.4 is 10.1 Å². The third kappa shape index (κ3) is 14.7. The number of hydrogen-bond donors (Lipinski definition) is 3. The van der Waals surface area contributed by atoms with Crippen molar-refractivity contribution in [1.82, 2.24) is 19.3 Å². The Morgan fingerprint density at radius 1 is 0.447 bits per heavy atom. The molecule has 4 heterocycles. The highest BCUT2D eigenvalue weighted by molar-refractivity contribution is 6.22. The summed E-state index contributed by atoms with van der Waals surface area (Å²) in [6.45, 7) is 1.44. The number of aromatic nitrogens is 1. The van der Waals surface area contributed by atoms with Crippen molar-refractivity contribution in [1.29, 1.82) is 0 Å². The number of unbranched alkanes of at least 4 members (excludes halogenated alkanes) is 9. The number of ether oxygens (including phenoxy) is 1. The van der Waals surface area contributed by atoms with Gasteiger partial charge in [0.25, 0.3) is 41.4 Å². The number of imide groups is 3. The van der Waals surface area contributed by atoms with Crippen LogP contribution in [0.3, 0.4) is 0 Å². The Kier molecular flexibility index (Phi) is 20.9. The van der Waals surface area contributed by atoms with Gasteiger partial charge in [-0.15, -0.1) is 0 Å². The number of aliphatic carboxylic acids is 1. The van der Waals surface area contributed by atoms with Crippen LogP contribution in [-0.2, 0) is 36.2 Å². The van der Waals surface area contributed by atoms with Crippen LogP contribution in [0.5, 0.6) is 5.75 Å². The number of carboxylic acids is 1. The highest BCUT2D eigenvalue weighted by Crippen LogP contribution is 2.35. The second kappa shape index (κ2) is 30.3. The fourth-order valence-corrected chi connectivity index (χ4v) is 12.8. The number of benzene rings is 7. The van der Waals surface area contributed by atoms with Gasteiger partial charge in [0.2, 0.25) is 0 Å². The Labute approximate surface area is 547 Å². The second-order valence-electron chi connectivity index (χ2n) is 24.2. The van der Waals surface area contributed by atoms with Crippen molar-refractivity contribution in [2.45, 2.75) is 115 Å². The lowest BCUT2D eigenvalue weighted by Crippen LogP contribution is -2.30. The molecule has 0 saturated carbocycles. The van der Waals surface area contributed by atoms with Gasteiger partial charge >= 0.3 is 5.97 Å². The number of rotatable bonds is 31. The van der Waals surface area contributed by atoms with Gasteiger partial charge in [0.15, 0.2) is 5.60 Å². The van der Waals surface area contributed by atoms with Gasteiger partial charge in [-0.05, 0) is 141 Å². The molecule has 16 nitrogen and oxygen atoms in total. The fraction of sp³-hybridized carbons (Fsp3) is 0.282. The van der Waals surface area contributed by atoms with Crippen LogP contribution in [0.25, 0.3) is 0 Å². The molecule has 0 saturated heterocycles. The number of fused-ring (bicyclic) bond motifs is 3. The summed E-state index contributed by atoms with van der Waals surface area (Å²) in [6, 6.07) is 53.9. The molecule has 11 rings (SSSR count). The van der Waals surface area contributed by atoms with E-state index >= 15 is 4.79 Å². The molecule has 0 unspecified atom stereocenters. The lowest BCUT2D eigenvalue weighted by atomic mass is 9.86. The second-order valence-corrected chi connectivity index (χ2v) is 24.2.